The minimum absolute atomic E-state index is 0.0912. The van der Waals surface area contributed by atoms with Crippen molar-refractivity contribution in [1.82, 2.24) is 40.4 Å². The average Bonchev–Trinajstić information content (AvgIpc) is 3.85. The molecule has 0 radical (unpaired) electrons. The van der Waals surface area contributed by atoms with Gasteiger partial charge < -0.3 is 39.9 Å². The van der Waals surface area contributed by atoms with Gasteiger partial charge in [0.25, 0.3) is 0 Å². The van der Waals surface area contributed by atoms with Crippen LogP contribution >= 0.6 is 0 Å². The molecule has 1 unspecified atom stereocenters. The summed E-state index contributed by atoms with van der Waals surface area (Å²) in [6, 6.07) is 19.8. The monoisotopic (exact) mass is 824 g/mol. The van der Waals surface area contributed by atoms with Crippen molar-refractivity contribution >= 4 is 67.6 Å². The molecule has 4 heterocycles. The van der Waals surface area contributed by atoms with Gasteiger partial charge in [0.15, 0.2) is 0 Å². The van der Waals surface area contributed by atoms with E-state index in [4.69, 9.17) is 19.4 Å². The highest BCUT2D eigenvalue weighted by molar-refractivity contribution is 6.07. The van der Waals surface area contributed by atoms with Crippen molar-refractivity contribution in [2.75, 3.05) is 14.2 Å². The van der Waals surface area contributed by atoms with Gasteiger partial charge in [-0.15, -0.1) is 0 Å². The van der Waals surface area contributed by atoms with Crippen LogP contribution in [0.5, 0.6) is 0 Å². The highest BCUT2D eigenvalue weighted by Gasteiger charge is 2.56. The SMILES string of the molecule is COC(=O)NC(C(=O)N1[C@@H]2CC[C@@H](C2)[C@H]1c1nc2ccc3cc(-c4ccc5c(ccc6nc([C@@H]7C[C@H]8C[C@H]8N7C(=O)[C@@H](NC(=O)OC)C(C)C)[nH]c65)c4)ccc3c2[nH]1)C(C)C. The Labute approximate surface area is 353 Å². The Kier molecular flexibility index (Phi) is 9.44. The zero-order valence-electron chi connectivity index (χ0n) is 35.3. The van der Waals surface area contributed by atoms with Crippen molar-refractivity contribution in [2.45, 2.75) is 96.1 Å². The van der Waals surface area contributed by atoms with E-state index in [9.17, 15) is 19.2 Å². The summed E-state index contributed by atoms with van der Waals surface area (Å²) in [6.07, 6.45) is 3.50. The number of imidazole rings is 2. The molecule has 2 saturated carbocycles. The Balaban J connectivity index is 0.926. The number of hydrogen-bond acceptors (Lipinski definition) is 8. The van der Waals surface area contributed by atoms with Gasteiger partial charge in [0, 0.05) is 22.9 Å². The first-order valence-electron chi connectivity index (χ1n) is 21.6. The second-order valence-corrected chi connectivity index (χ2v) is 18.2. The van der Waals surface area contributed by atoms with Crippen molar-refractivity contribution in [3.05, 3.63) is 72.3 Å². The normalized spacial score (nSPS) is 23.9. The maximum Gasteiger partial charge on any atom is 0.407 e. The lowest BCUT2D eigenvalue weighted by atomic mass is 9.95. The second kappa shape index (κ2) is 14.8. The van der Waals surface area contributed by atoms with E-state index < -0.39 is 24.3 Å². The van der Waals surface area contributed by atoms with Gasteiger partial charge in [-0.3, -0.25) is 9.59 Å². The summed E-state index contributed by atoms with van der Waals surface area (Å²) in [6.45, 7) is 7.73. The molecule has 10 rings (SSSR count). The number of carbonyl (C=O) groups excluding carboxylic acids is 4. The summed E-state index contributed by atoms with van der Waals surface area (Å²) in [4.78, 5) is 73.8. The van der Waals surface area contributed by atoms with Gasteiger partial charge in [-0.1, -0.05) is 64.1 Å². The number of ether oxygens (including phenoxy) is 2. The lowest BCUT2D eigenvalue weighted by Gasteiger charge is -2.37. The number of nitrogens with one attached hydrogen (secondary N) is 4. The van der Waals surface area contributed by atoms with Crippen molar-refractivity contribution in [3.63, 3.8) is 0 Å². The topological polar surface area (TPSA) is 175 Å². The van der Waals surface area contributed by atoms with E-state index in [1.165, 1.54) is 14.2 Å². The molecular weight excluding hydrogens is 773 g/mol. The zero-order valence-corrected chi connectivity index (χ0v) is 35.3. The number of amides is 4. The Morgan fingerprint density at radius 3 is 1.75 bits per heavy atom. The van der Waals surface area contributed by atoms with Gasteiger partial charge in [0.2, 0.25) is 11.8 Å². The molecule has 61 heavy (non-hydrogen) atoms. The van der Waals surface area contributed by atoms with Crippen molar-refractivity contribution in [1.29, 1.82) is 0 Å². The highest BCUT2D eigenvalue weighted by Crippen LogP contribution is 2.54. The minimum Gasteiger partial charge on any atom is -0.453 e. The van der Waals surface area contributed by atoms with Gasteiger partial charge in [0.05, 0.1) is 48.4 Å². The van der Waals surface area contributed by atoms with Gasteiger partial charge in [-0.05, 0) is 102 Å². The Morgan fingerprint density at radius 1 is 0.656 bits per heavy atom. The molecule has 4 aliphatic rings. The third-order valence-corrected chi connectivity index (χ3v) is 13.9. The third kappa shape index (κ3) is 6.53. The molecule has 4 N–H and O–H groups in total. The molecule has 2 aliphatic carbocycles. The maximum atomic E-state index is 14.1. The fraction of sp³-hybridized carbons (Fsp3) is 0.447. The number of likely N-dealkylation sites (tertiary alicyclic amines) is 2. The summed E-state index contributed by atoms with van der Waals surface area (Å²) >= 11 is 0. The summed E-state index contributed by atoms with van der Waals surface area (Å²) in [5.41, 5.74) is 5.75. The number of nitrogens with zero attached hydrogens (tertiary/aromatic N) is 4. The molecule has 2 aromatic heterocycles. The number of methoxy groups -OCH3 is 2. The van der Waals surface area contributed by atoms with E-state index >= 15 is 0 Å². The first-order chi connectivity index (χ1) is 29.4. The van der Waals surface area contributed by atoms with Gasteiger partial charge >= 0.3 is 12.2 Å². The summed E-state index contributed by atoms with van der Waals surface area (Å²) in [7, 11) is 2.62. The number of rotatable bonds is 9. The van der Waals surface area contributed by atoms with Crippen LogP contribution in [0.1, 0.15) is 83.5 Å². The quantitative estimate of drug-likeness (QED) is 0.114. The number of alkyl carbamates (subject to hydrolysis) is 2. The van der Waals surface area contributed by atoms with E-state index in [1.807, 2.05) is 49.6 Å². The summed E-state index contributed by atoms with van der Waals surface area (Å²) in [5, 5.41) is 9.80. The van der Waals surface area contributed by atoms with Crippen molar-refractivity contribution in [2.24, 2.45) is 23.7 Å². The fourth-order valence-corrected chi connectivity index (χ4v) is 10.7. The van der Waals surface area contributed by atoms with E-state index in [-0.39, 0.29) is 47.8 Å². The first kappa shape index (κ1) is 39.0. The standard InChI is InChI=1S/C47H52N8O6/c1-22(2)37(52-46(58)60-5)44(56)54-30-12-7-28(19-30)41(54)43-49-34-16-11-27-18-25(9-14-32(27)40(34)51-43)24-8-13-31-26(17-24)10-15-33-39(31)50-42(48-33)36-21-29-20-35(29)55(36)45(57)38(23(3)4)53-47(59)61-6/h8-11,13-18,22-23,28-30,35-38,41H,7,12,19-21H2,1-6H3,(H,48,50)(H,49,51)(H,52,58)(H,53,59)/t28-,29+,30+,35+,36-,37?,38-,41-/m0/s1. The van der Waals surface area contributed by atoms with Crippen LogP contribution in [0.25, 0.3) is 54.7 Å². The zero-order chi connectivity index (χ0) is 42.4. The highest BCUT2D eigenvalue weighted by atomic mass is 16.5. The van der Waals surface area contributed by atoms with E-state index in [0.29, 0.717) is 11.8 Å². The third-order valence-electron chi connectivity index (χ3n) is 13.9. The molecule has 6 aromatic rings. The minimum atomic E-state index is -0.691. The second-order valence-electron chi connectivity index (χ2n) is 18.2. The summed E-state index contributed by atoms with van der Waals surface area (Å²) in [5.74, 6) is 1.89. The molecule has 4 aromatic carbocycles. The van der Waals surface area contributed by atoms with Crippen LogP contribution in [0, 0.1) is 23.7 Å². The molecule has 8 atom stereocenters. The van der Waals surface area contributed by atoms with Gasteiger partial charge in [0.1, 0.15) is 23.7 Å². The molecule has 4 fully saturated rings. The fourth-order valence-electron chi connectivity index (χ4n) is 10.7. The first-order valence-corrected chi connectivity index (χ1v) is 21.6. The number of H-pyrrole nitrogens is 2. The molecule has 316 valence electrons. The van der Waals surface area contributed by atoms with Crippen LogP contribution < -0.4 is 10.6 Å². The number of aromatic nitrogens is 4. The molecule has 0 spiro atoms. The molecule has 2 bridgehead atoms. The summed E-state index contributed by atoms with van der Waals surface area (Å²) < 4.78 is 9.69. The van der Waals surface area contributed by atoms with Crippen molar-refractivity contribution < 1.29 is 28.7 Å². The number of piperidine rings is 2. The lowest BCUT2D eigenvalue weighted by Crippen LogP contribution is -2.54. The number of benzene rings is 4. The average molecular weight is 825 g/mol. The Bertz CT molecular complexity index is 2760. The smallest absolute Gasteiger partial charge is 0.407 e. The maximum absolute atomic E-state index is 14.1. The van der Waals surface area contributed by atoms with Crippen LogP contribution in [-0.2, 0) is 19.1 Å². The molecule has 14 heteroatoms. The van der Waals surface area contributed by atoms with E-state index in [0.717, 1.165) is 98.5 Å². The van der Waals surface area contributed by atoms with Gasteiger partial charge in [-0.25, -0.2) is 19.6 Å². The van der Waals surface area contributed by atoms with Crippen LogP contribution in [-0.4, -0.2) is 92.1 Å². The van der Waals surface area contributed by atoms with E-state index in [1.54, 1.807) is 0 Å². The van der Waals surface area contributed by atoms with Crippen LogP contribution in [0.2, 0.25) is 0 Å². The molecule has 2 aliphatic heterocycles. The largest absolute Gasteiger partial charge is 0.453 e. The Morgan fingerprint density at radius 2 is 1.20 bits per heavy atom. The van der Waals surface area contributed by atoms with Crippen molar-refractivity contribution in [3.8, 4) is 11.1 Å². The van der Waals surface area contributed by atoms with Crippen LogP contribution in [0.3, 0.4) is 0 Å². The number of carbonyl (C=O) groups is 4. The van der Waals surface area contributed by atoms with Crippen LogP contribution in [0.15, 0.2) is 60.7 Å². The Hall–Kier alpha value is -6.18. The molecular formula is C47H52N8O6. The lowest BCUT2D eigenvalue weighted by molar-refractivity contribution is -0.139. The van der Waals surface area contributed by atoms with Gasteiger partial charge in [-0.2, -0.15) is 0 Å². The molecule has 2 saturated heterocycles. The number of fused-ring (bicyclic) bond motifs is 9. The molecule has 14 nitrogen and oxygen atoms in total. The number of aromatic amines is 2. The van der Waals surface area contributed by atoms with E-state index in [2.05, 4.69) is 69.1 Å². The van der Waals surface area contributed by atoms with Crippen LogP contribution in [0.4, 0.5) is 9.59 Å². The predicted octanol–water partition coefficient (Wildman–Crippen LogP) is 7.89. The number of hydrogen-bond donors (Lipinski definition) is 4. The predicted molar refractivity (Wildman–Crippen MR) is 231 cm³/mol. The molecule has 4 amide bonds.